The molecule has 2 N–H and O–H groups in total. The third-order valence-corrected chi connectivity index (χ3v) is 4.82. The average molecular weight is 352 g/mol. The van der Waals surface area contributed by atoms with E-state index in [9.17, 15) is 14.7 Å². The fraction of sp³-hybridized carbons (Fsp3) is 0.333. The van der Waals surface area contributed by atoms with Crippen molar-refractivity contribution in [2.24, 2.45) is 0 Å². The van der Waals surface area contributed by atoms with Gasteiger partial charge in [-0.05, 0) is 36.9 Å². The molecule has 3 rings (SSSR count). The number of carbonyl (C=O) groups excluding carboxylic acids is 1. The van der Waals surface area contributed by atoms with Crippen molar-refractivity contribution in [3.05, 3.63) is 71.8 Å². The van der Waals surface area contributed by atoms with Crippen molar-refractivity contribution >= 4 is 11.9 Å². The fourth-order valence-corrected chi connectivity index (χ4v) is 3.51. The average Bonchev–Trinajstić information content (AvgIpc) is 3.11. The zero-order valence-corrected chi connectivity index (χ0v) is 14.7. The molecular weight excluding hydrogens is 328 g/mol. The van der Waals surface area contributed by atoms with Crippen molar-refractivity contribution in [1.29, 1.82) is 0 Å². The summed E-state index contributed by atoms with van der Waals surface area (Å²) in [5.74, 6) is -0.984. The lowest BCUT2D eigenvalue weighted by Gasteiger charge is -2.24. The molecule has 0 aromatic heterocycles. The SMILES string of the molecule is O=C(CN1CCC[C@H]1C(=O)O)N[C@@H](Cc1ccccc1)c1ccccc1. The number of nitrogens with zero attached hydrogens (tertiary/aromatic N) is 1. The summed E-state index contributed by atoms with van der Waals surface area (Å²) < 4.78 is 0. The van der Waals surface area contributed by atoms with Gasteiger partial charge in [-0.1, -0.05) is 60.7 Å². The summed E-state index contributed by atoms with van der Waals surface area (Å²) in [7, 11) is 0. The van der Waals surface area contributed by atoms with E-state index in [4.69, 9.17) is 0 Å². The highest BCUT2D eigenvalue weighted by Gasteiger charge is 2.32. The Hall–Kier alpha value is -2.66. The Morgan fingerprint density at radius 2 is 1.73 bits per heavy atom. The van der Waals surface area contributed by atoms with Crippen molar-refractivity contribution in [2.75, 3.05) is 13.1 Å². The zero-order valence-electron chi connectivity index (χ0n) is 14.7. The largest absolute Gasteiger partial charge is 0.480 e. The molecule has 5 nitrogen and oxygen atoms in total. The van der Waals surface area contributed by atoms with Gasteiger partial charge in [-0.2, -0.15) is 0 Å². The highest BCUT2D eigenvalue weighted by atomic mass is 16.4. The molecule has 0 radical (unpaired) electrons. The Bertz CT molecular complexity index is 733. The van der Waals surface area contributed by atoms with Crippen LogP contribution in [0, 0.1) is 0 Å². The highest BCUT2D eigenvalue weighted by molar-refractivity contribution is 5.80. The number of hydrogen-bond donors (Lipinski definition) is 2. The van der Waals surface area contributed by atoms with Crippen LogP contribution >= 0.6 is 0 Å². The Morgan fingerprint density at radius 3 is 2.38 bits per heavy atom. The second-order valence-corrected chi connectivity index (χ2v) is 6.69. The summed E-state index contributed by atoms with van der Waals surface area (Å²) in [4.78, 5) is 25.7. The van der Waals surface area contributed by atoms with E-state index in [0.717, 1.165) is 17.5 Å². The molecule has 136 valence electrons. The zero-order chi connectivity index (χ0) is 18.4. The van der Waals surface area contributed by atoms with Crippen LogP contribution in [0.3, 0.4) is 0 Å². The van der Waals surface area contributed by atoms with Gasteiger partial charge in [-0.25, -0.2) is 0 Å². The highest BCUT2D eigenvalue weighted by Crippen LogP contribution is 2.20. The molecule has 2 atom stereocenters. The summed E-state index contributed by atoms with van der Waals surface area (Å²) in [6.07, 6.45) is 2.12. The number of amides is 1. The number of benzene rings is 2. The Morgan fingerprint density at radius 1 is 1.08 bits per heavy atom. The first-order chi connectivity index (χ1) is 12.6. The molecule has 0 aliphatic carbocycles. The molecule has 2 aromatic carbocycles. The van der Waals surface area contributed by atoms with Crippen LogP contribution in [0.5, 0.6) is 0 Å². The number of likely N-dealkylation sites (tertiary alicyclic amines) is 1. The molecular formula is C21H24N2O3. The lowest BCUT2D eigenvalue weighted by molar-refractivity contribution is -0.142. The van der Waals surface area contributed by atoms with Gasteiger partial charge in [0.15, 0.2) is 0 Å². The van der Waals surface area contributed by atoms with E-state index in [2.05, 4.69) is 5.32 Å². The molecule has 26 heavy (non-hydrogen) atoms. The van der Waals surface area contributed by atoms with Crippen LogP contribution in [-0.2, 0) is 16.0 Å². The van der Waals surface area contributed by atoms with E-state index in [-0.39, 0.29) is 18.5 Å². The van der Waals surface area contributed by atoms with Crippen LogP contribution in [0.2, 0.25) is 0 Å². The van der Waals surface area contributed by atoms with Gasteiger partial charge < -0.3 is 10.4 Å². The summed E-state index contributed by atoms with van der Waals surface area (Å²) in [5, 5.41) is 12.4. The van der Waals surface area contributed by atoms with Crippen LogP contribution in [0.15, 0.2) is 60.7 Å². The molecule has 1 aliphatic rings. The minimum absolute atomic E-state index is 0.120. The first-order valence-electron chi connectivity index (χ1n) is 8.98. The van der Waals surface area contributed by atoms with Gasteiger partial charge in [0, 0.05) is 0 Å². The lowest BCUT2D eigenvalue weighted by Crippen LogP contribution is -2.44. The van der Waals surface area contributed by atoms with Crippen LogP contribution in [0.1, 0.15) is 30.0 Å². The first-order valence-corrected chi connectivity index (χ1v) is 8.98. The second kappa shape index (κ2) is 8.63. The molecule has 0 saturated carbocycles. The quantitative estimate of drug-likeness (QED) is 0.804. The van der Waals surface area contributed by atoms with Gasteiger partial charge in [0.05, 0.1) is 12.6 Å². The molecule has 1 aliphatic heterocycles. The minimum Gasteiger partial charge on any atom is -0.480 e. The maximum absolute atomic E-state index is 12.6. The van der Waals surface area contributed by atoms with Crippen LogP contribution in [-0.4, -0.2) is 41.0 Å². The molecule has 2 aromatic rings. The van der Waals surface area contributed by atoms with E-state index in [1.165, 1.54) is 0 Å². The van der Waals surface area contributed by atoms with E-state index < -0.39 is 12.0 Å². The van der Waals surface area contributed by atoms with Gasteiger partial charge in [-0.15, -0.1) is 0 Å². The van der Waals surface area contributed by atoms with Gasteiger partial charge in [-0.3, -0.25) is 14.5 Å². The number of rotatable bonds is 7. The van der Waals surface area contributed by atoms with Gasteiger partial charge in [0.25, 0.3) is 0 Å². The summed E-state index contributed by atoms with van der Waals surface area (Å²) in [6, 6.07) is 19.2. The smallest absolute Gasteiger partial charge is 0.320 e. The van der Waals surface area contributed by atoms with E-state index in [1.807, 2.05) is 60.7 Å². The molecule has 5 heteroatoms. The number of aliphatic carboxylic acids is 1. The van der Waals surface area contributed by atoms with Crippen LogP contribution < -0.4 is 5.32 Å². The number of carboxylic acids is 1. The lowest BCUT2D eigenvalue weighted by atomic mass is 9.99. The van der Waals surface area contributed by atoms with Crippen molar-refractivity contribution < 1.29 is 14.7 Å². The summed E-state index contributed by atoms with van der Waals surface area (Å²) >= 11 is 0. The summed E-state index contributed by atoms with van der Waals surface area (Å²) in [5.41, 5.74) is 2.19. The van der Waals surface area contributed by atoms with Crippen molar-refractivity contribution in [3.63, 3.8) is 0 Å². The first kappa shape index (κ1) is 18.1. The third-order valence-electron chi connectivity index (χ3n) is 4.82. The van der Waals surface area contributed by atoms with Crippen LogP contribution in [0.25, 0.3) is 0 Å². The van der Waals surface area contributed by atoms with Crippen molar-refractivity contribution in [1.82, 2.24) is 10.2 Å². The van der Waals surface area contributed by atoms with Gasteiger partial charge in [0.1, 0.15) is 6.04 Å². The van der Waals surface area contributed by atoms with Crippen molar-refractivity contribution in [2.45, 2.75) is 31.3 Å². The molecule has 1 amide bonds. The molecule has 0 unspecified atom stereocenters. The van der Waals surface area contributed by atoms with E-state index >= 15 is 0 Å². The number of nitrogens with one attached hydrogen (secondary N) is 1. The van der Waals surface area contributed by atoms with Gasteiger partial charge in [0.2, 0.25) is 5.91 Å². The Labute approximate surface area is 153 Å². The topological polar surface area (TPSA) is 69.6 Å². The van der Waals surface area contributed by atoms with Crippen molar-refractivity contribution in [3.8, 4) is 0 Å². The van der Waals surface area contributed by atoms with Gasteiger partial charge >= 0.3 is 5.97 Å². The predicted octanol–water partition coefficient (Wildman–Crippen LogP) is 2.64. The molecule has 0 spiro atoms. The Balaban J connectivity index is 1.69. The monoisotopic (exact) mass is 352 g/mol. The maximum atomic E-state index is 12.6. The Kier molecular flexibility index (Phi) is 6.02. The fourth-order valence-electron chi connectivity index (χ4n) is 3.51. The minimum atomic E-state index is -0.848. The van der Waals surface area contributed by atoms with E-state index in [0.29, 0.717) is 19.4 Å². The third kappa shape index (κ3) is 4.70. The molecule has 1 fully saturated rings. The maximum Gasteiger partial charge on any atom is 0.320 e. The standard InChI is InChI=1S/C21H24N2O3/c24-20(15-23-13-7-12-19(23)21(25)26)22-18(17-10-5-2-6-11-17)14-16-8-3-1-4-9-16/h1-6,8-11,18-19H,7,12-15H2,(H,22,24)(H,25,26)/t18-,19-/m0/s1. The number of carboxylic acid groups (broad SMARTS) is 1. The number of hydrogen-bond acceptors (Lipinski definition) is 3. The van der Waals surface area contributed by atoms with Crippen LogP contribution in [0.4, 0.5) is 0 Å². The molecule has 1 heterocycles. The number of carbonyl (C=O) groups is 2. The predicted molar refractivity (Wildman–Crippen MR) is 99.7 cm³/mol. The molecule has 1 saturated heterocycles. The second-order valence-electron chi connectivity index (χ2n) is 6.69. The summed E-state index contributed by atoms with van der Waals surface area (Å²) in [6.45, 7) is 0.772. The van der Waals surface area contributed by atoms with E-state index in [1.54, 1.807) is 4.90 Å². The normalized spacial score (nSPS) is 18.4. The molecule has 0 bridgehead atoms.